The molecule has 1 heterocycles. The van der Waals surface area contributed by atoms with Gasteiger partial charge in [-0.05, 0) is 17.9 Å². The molecule has 0 saturated heterocycles. The van der Waals surface area contributed by atoms with Crippen molar-refractivity contribution < 1.29 is 4.79 Å². The minimum absolute atomic E-state index is 0.00724. The van der Waals surface area contributed by atoms with Crippen LogP contribution in [0.3, 0.4) is 0 Å². The van der Waals surface area contributed by atoms with E-state index in [-0.39, 0.29) is 5.91 Å². The van der Waals surface area contributed by atoms with E-state index in [4.69, 9.17) is 0 Å². The Morgan fingerprint density at radius 3 is 2.29 bits per heavy atom. The summed E-state index contributed by atoms with van der Waals surface area (Å²) in [5, 5.41) is 12.0. The molecule has 0 aliphatic heterocycles. The Balaban J connectivity index is 2.07. The van der Waals surface area contributed by atoms with Crippen molar-refractivity contribution in [1.29, 1.82) is 0 Å². The molecule has 0 saturated carbocycles. The maximum absolute atomic E-state index is 12.0. The second kappa shape index (κ2) is 7.01. The highest BCUT2D eigenvalue weighted by Gasteiger charge is 2.12. The maximum Gasteiger partial charge on any atom is 0.253 e. The number of carbonyl (C=O) groups is 1. The lowest BCUT2D eigenvalue weighted by Gasteiger charge is -2.11. The number of nitrogens with zero attached hydrogens (tertiary/aromatic N) is 3. The third-order valence-electron chi connectivity index (χ3n) is 3.75. The van der Waals surface area contributed by atoms with Crippen LogP contribution in [0.25, 0.3) is 22.0 Å². The van der Waals surface area contributed by atoms with E-state index in [9.17, 15) is 4.79 Å². The third kappa shape index (κ3) is 3.12. The zero-order valence-electron chi connectivity index (χ0n) is 14.0. The third-order valence-corrected chi connectivity index (χ3v) is 4.61. The standard InChI is InChI=1S/C19H19N3OS/c1-4-24-18-16-8-6-5-7-15(16)17(20-21-18)13-9-11-14(12-10-13)19(23)22(2)3/h5-12H,4H2,1-3H3. The molecule has 0 bridgehead atoms. The number of thioether (sulfide) groups is 1. The number of carbonyl (C=O) groups excluding carboxylic acids is 1. The van der Waals surface area contributed by atoms with Crippen molar-refractivity contribution in [2.45, 2.75) is 11.9 Å². The van der Waals surface area contributed by atoms with E-state index >= 15 is 0 Å². The Hall–Kier alpha value is -2.40. The second-order valence-corrected chi connectivity index (χ2v) is 6.86. The molecular formula is C19H19N3OS. The van der Waals surface area contributed by atoms with Crippen molar-refractivity contribution in [2.75, 3.05) is 19.8 Å². The van der Waals surface area contributed by atoms with Crippen LogP contribution in [-0.4, -0.2) is 40.9 Å². The normalized spacial score (nSPS) is 10.8. The first kappa shape index (κ1) is 16.5. The summed E-state index contributed by atoms with van der Waals surface area (Å²) in [6.45, 7) is 2.11. The summed E-state index contributed by atoms with van der Waals surface area (Å²) in [6, 6.07) is 15.7. The maximum atomic E-state index is 12.0. The van der Waals surface area contributed by atoms with Crippen molar-refractivity contribution in [3.63, 3.8) is 0 Å². The van der Waals surface area contributed by atoms with Crippen LogP contribution < -0.4 is 0 Å². The van der Waals surface area contributed by atoms with Gasteiger partial charge in [-0.25, -0.2) is 0 Å². The Labute approximate surface area is 145 Å². The lowest BCUT2D eigenvalue weighted by atomic mass is 10.0. The average molecular weight is 337 g/mol. The number of hydrogen-bond acceptors (Lipinski definition) is 4. The molecule has 0 N–H and O–H groups in total. The Morgan fingerprint density at radius 2 is 1.67 bits per heavy atom. The van der Waals surface area contributed by atoms with Crippen LogP contribution in [0.1, 0.15) is 17.3 Å². The van der Waals surface area contributed by atoms with Crippen molar-refractivity contribution in [3.8, 4) is 11.3 Å². The Bertz CT molecular complexity index is 875. The van der Waals surface area contributed by atoms with Crippen LogP contribution in [-0.2, 0) is 0 Å². The number of aromatic nitrogens is 2. The molecule has 1 amide bonds. The molecule has 24 heavy (non-hydrogen) atoms. The highest BCUT2D eigenvalue weighted by molar-refractivity contribution is 7.99. The highest BCUT2D eigenvalue weighted by Crippen LogP contribution is 2.31. The van der Waals surface area contributed by atoms with Gasteiger partial charge in [0.2, 0.25) is 0 Å². The first-order valence-electron chi connectivity index (χ1n) is 7.82. The van der Waals surface area contributed by atoms with E-state index in [0.29, 0.717) is 5.56 Å². The van der Waals surface area contributed by atoms with Crippen molar-refractivity contribution in [3.05, 3.63) is 54.1 Å². The molecule has 0 unspecified atom stereocenters. The highest BCUT2D eigenvalue weighted by atomic mass is 32.2. The van der Waals surface area contributed by atoms with Gasteiger partial charge in [0.05, 0.1) is 0 Å². The SMILES string of the molecule is CCSc1nnc(-c2ccc(C(=O)N(C)C)cc2)c2ccccc12. The van der Waals surface area contributed by atoms with E-state index in [2.05, 4.69) is 29.3 Å². The summed E-state index contributed by atoms with van der Waals surface area (Å²) in [5.74, 6) is 0.950. The first-order chi connectivity index (χ1) is 11.6. The summed E-state index contributed by atoms with van der Waals surface area (Å²) < 4.78 is 0. The monoisotopic (exact) mass is 337 g/mol. The van der Waals surface area contributed by atoms with Gasteiger partial charge in [0.1, 0.15) is 10.7 Å². The van der Waals surface area contributed by atoms with Gasteiger partial charge in [-0.3, -0.25) is 4.79 Å². The second-order valence-electron chi connectivity index (χ2n) is 5.61. The Kier molecular flexibility index (Phi) is 4.81. The van der Waals surface area contributed by atoms with E-state index < -0.39 is 0 Å². The van der Waals surface area contributed by atoms with E-state index in [1.165, 1.54) is 0 Å². The summed E-state index contributed by atoms with van der Waals surface area (Å²) in [7, 11) is 3.50. The van der Waals surface area contributed by atoms with Gasteiger partial charge in [-0.2, -0.15) is 0 Å². The van der Waals surface area contributed by atoms with Gasteiger partial charge >= 0.3 is 0 Å². The zero-order chi connectivity index (χ0) is 17.1. The lowest BCUT2D eigenvalue weighted by Crippen LogP contribution is -2.21. The van der Waals surface area contributed by atoms with Crippen LogP contribution >= 0.6 is 11.8 Å². The van der Waals surface area contributed by atoms with Gasteiger partial charge in [0.15, 0.2) is 0 Å². The molecular weight excluding hydrogens is 318 g/mol. The van der Waals surface area contributed by atoms with E-state index in [1.54, 1.807) is 30.8 Å². The van der Waals surface area contributed by atoms with Crippen molar-refractivity contribution in [1.82, 2.24) is 15.1 Å². The molecule has 0 aliphatic carbocycles. The van der Waals surface area contributed by atoms with Gasteiger partial charge in [0.25, 0.3) is 5.91 Å². The number of benzene rings is 2. The fourth-order valence-corrected chi connectivity index (χ4v) is 3.27. The van der Waals surface area contributed by atoms with Gasteiger partial charge in [-0.1, -0.05) is 43.3 Å². The molecule has 0 aliphatic rings. The fraction of sp³-hybridized carbons (Fsp3) is 0.211. The molecule has 0 spiro atoms. The number of fused-ring (bicyclic) bond motifs is 1. The molecule has 1 aromatic heterocycles. The van der Waals surface area contributed by atoms with Crippen LogP contribution in [0.4, 0.5) is 0 Å². The zero-order valence-corrected chi connectivity index (χ0v) is 14.8. The topological polar surface area (TPSA) is 46.1 Å². The largest absolute Gasteiger partial charge is 0.345 e. The molecule has 4 nitrogen and oxygen atoms in total. The minimum Gasteiger partial charge on any atom is -0.345 e. The molecule has 0 atom stereocenters. The smallest absolute Gasteiger partial charge is 0.253 e. The van der Waals surface area contributed by atoms with Crippen molar-refractivity contribution in [2.24, 2.45) is 0 Å². The summed E-state index contributed by atoms with van der Waals surface area (Å²) in [6.07, 6.45) is 0. The molecule has 122 valence electrons. The van der Waals surface area contributed by atoms with Crippen LogP contribution in [0.2, 0.25) is 0 Å². The molecule has 2 aromatic carbocycles. The summed E-state index contributed by atoms with van der Waals surface area (Å²) in [4.78, 5) is 13.6. The lowest BCUT2D eigenvalue weighted by molar-refractivity contribution is 0.0827. The molecule has 5 heteroatoms. The predicted molar refractivity (Wildman–Crippen MR) is 99.4 cm³/mol. The van der Waals surface area contributed by atoms with Gasteiger partial charge < -0.3 is 4.90 Å². The number of rotatable bonds is 4. The van der Waals surface area contributed by atoms with E-state index in [1.807, 2.05) is 36.4 Å². The molecule has 3 rings (SSSR count). The van der Waals surface area contributed by atoms with Crippen LogP contribution in [0.15, 0.2) is 53.6 Å². The molecule has 0 fully saturated rings. The first-order valence-corrected chi connectivity index (χ1v) is 8.80. The molecule has 3 aromatic rings. The van der Waals surface area contributed by atoms with Gasteiger partial charge in [0, 0.05) is 36.0 Å². The fourth-order valence-electron chi connectivity index (χ4n) is 2.56. The minimum atomic E-state index is -0.00724. The van der Waals surface area contributed by atoms with Crippen LogP contribution in [0, 0.1) is 0 Å². The number of hydrogen-bond donors (Lipinski definition) is 0. The van der Waals surface area contributed by atoms with Gasteiger partial charge in [-0.15, -0.1) is 22.0 Å². The van der Waals surface area contributed by atoms with Crippen LogP contribution in [0.5, 0.6) is 0 Å². The van der Waals surface area contributed by atoms with E-state index in [0.717, 1.165) is 32.8 Å². The molecule has 0 radical (unpaired) electrons. The summed E-state index contributed by atoms with van der Waals surface area (Å²) in [5.41, 5.74) is 2.47. The summed E-state index contributed by atoms with van der Waals surface area (Å²) >= 11 is 1.69. The quantitative estimate of drug-likeness (QED) is 0.672. The predicted octanol–water partition coefficient (Wildman–Crippen LogP) is 4.11. The Morgan fingerprint density at radius 1 is 1.00 bits per heavy atom. The number of amides is 1. The average Bonchev–Trinajstić information content (AvgIpc) is 2.62. The van der Waals surface area contributed by atoms with Crippen molar-refractivity contribution >= 4 is 28.4 Å².